The van der Waals surface area contributed by atoms with Crippen LogP contribution in [0.1, 0.15) is 12.0 Å². The van der Waals surface area contributed by atoms with E-state index in [1.807, 2.05) is 24.3 Å². The normalized spacial score (nSPS) is 32.0. The highest BCUT2D eigenvalue weighted by atomic mass is 35.5. The highest BCUT2D eigenvalue weighted by molar-refractivity contribution is 6.30. The first-order valence-electron chi connectivity index (χ1n) is 10.3. The maximum atomic E-state index is 13.5. The number of amides is 2. The fourth-order valence-electron chi connectivity index (χ4n) is 6.03. The van der Waals surface area contributed by atoms with E-state index in [2.05, 4.69) is 5.48 Å². The minimum atomic E-state index is -0.361. The molecule has 0 unspecified atom stereocenters. The third-order valence-corrected chi connectivity index (χ3v) is 7.49. The molecule has 31 heavy (non-hydrogen) atoms. The van der Waals surface area contributed by atoms with Crippen molar-refractivity contribution >= 4 is 34.8 Å². The van der Waals surface area contributed by atoms with Crippen molar-refractivity contribution < 1.29 is 23.9 Å². The Hall–Kier alpha value is -3.03. The maximum absolute atomic E-state index is 13.5. The van der Waals surface area contributed by atoms with Gasteiger partial charge in [0.25, 0.3) is 0 Å². The number of imide groups is 1. The third kappa shape index (κ3) is 2.22. The van der Waals surface area contributed by atoms with E-state index < -0.39 is 0 Å². The summed E-state index contributed by atoms with van der Waals surface area (Å²) in [7, 11) is 0. The van der Waals surface area contributed by atoms with Crippen molar-refractivity contribution in [3.8, 4) is 11.5 Å². The number of fused-ring (bicyclic) bond motifs is 9. The molecule has 5 aliphatic rings. The standard InChI is InChI=1S/C23H17ClN2O5/c24-11-3-1-10(2-4-11)20-19-13-8-14(21(19)31-25-20)18-17(13)22(27)26(23(18)28)12-5-6-15-16(7-12)30-9-29-15/h1-7,13-14,17-18,21,25H,8-9H2/t13-,14+,17+,18-,21+/m0/s1. The van der Waals surface area contributed by atoms with E-state index in [1.54, 1.807) is 18.2 Å². The molecule has 1 N–H and O–H groups in total. The number of hydrogen-bond acceptors (Lipinski definition) is 6. The Morgan fingerprint density at radius 2 is 1.74 bits per heavy atom. The number of nitrogens with zero attached hydrogens (tertiary/aromatic N) is 1. The first-order valence-corrected chi connectivity index (χ1v) is 10.7. The number of rotatable bonds is 2. The largest absolute Gasteiger partial charge is 0.454 e. The molecule has 5 atom stereocenters. The maximum Gasteiger partial charge on any atom is 0.238 e. The molecule has 3 aliphatic heterocycles. The third-order valence-electron chi connectivity index (χ3n) is 7.24. The summed E-state index contributed by atoms with van der Waals surface area (Å²) in [6.07, 6.45) is 0.603. The average molecular weight is 437 g/mol. The Kier molecular flexibility index (Phi) is 3.42. The molecule has 2 bridgehead atoms. The van der Waals surface area contributed by atoms with E-state index in [4.69, 9.17) is 25.9 Å². The molecule has 1 saturated heterocycles. The van der Waals surface area contributed by atoms with Gasteiger partial charge in [-0.15, -0.1) is 0 Å². The molecule has 2 saturated carbocycles. The van der Waals surface area contributed by atoms with Crippen molar-refractivity contribution in [1.82, 2.24) is 5.48 Å². The molecule has 0 aromatic heterocycles. The molecule has 2 aromatic rings. The van der Waals surface area contributed by atoms with E-state index >= 15 is 0 Å². The summed E-state index contributed by atoms with van der Waals surface area (Å²) in [6.45, 7) is 0.143. The van der Waals surface area contributed by atoms with Crippen LogP contribution in [-0.2, 0) is 14.4 Å². The Morgan fingerprint density at radius 1 is 0.968 bits per heavy atom. The zero-order chi connectivity index (χ0) is 20.9. The number of carbonyl (C=O) groups excluding carboxylic acids is 2. The highest BCUT2D eigenvalue weighted by Crippen LogP contribution is 2.62. The van der Waals surface area contributed by atoms with E-state index in [0.29, 0.717) is 22.2 Å². The van der Waals surface area contributed by atoms with Crippen molar-refractivity contribution in [2.24, 2.45) is 23.7 Å². The number of nitrogens with one attached hydrogen (secondary N) is 1. The lowest BCUT2D eigenvalue weighted by atomic mass is 9.76. The number of benzene rings is 2. The molecule has 0 radical (unpaired) electrons. The van der Waals surface area contributed by atoms with Gasteiger partial charge < -0.3 is 9.47 Å². The van der Waals surface area contributed by atoms with Crippen LogP contribution in [0.5, 0.6) is 11.5 Å². The van der Waals surface area contributed by atoms with Crippen LogP contribution in [-0.4, -0.2) is 24.7 Å². The Morgan fingerprint density at radius 3 is 2.58 bits per heavy atom. The summed E-state index contributed by atoms with van der Waals surface area (Å²) >= 11 is 6.04. The van der Waals surface area contributed by atoms with Crippen LogP contribution < -0.4 is 19.9 Å². The summed E-state index contributed by atoms with van der Waals surface area (Å²) in [5, 5.41) is 0.661. The predicted molar refractivity (Wildman–Crippen MR) is 110 cm³/mol. The fraction of sp³-hybridized carbons (Fsp3) is 0.304. The van der Waals surface area contributed by atoms with Crippen LogP contribution >= 0.6 is 11.6 Å². The number of ether oxygens (including phenoxy) is 2. The molecule has 7 rings (SSSR count). The van der Waals surface area contributed by atoms with Gasteiger partial charge in [0, 0.05) is 22.6 Å². The van der Waals surface area contributed by atoms with Gasteiger partial charge in [-0.1, -0.05) is 23.7 Å². The van der Waals surface area contributed by atoms with Crippen LogP contribution in [0.15, 0.2) is 48.0 Å². The van der Waals surface area contributed by atoms with Gasteiger partial charge in [-0.3, -0.25) is 19.9 Å². The Labute approximate surface area is 182 Å². The zero-order valence-electron chi connectivity index (χ0n) is 16.2. The van der Waals surface area contributed by atoms with Crippen molar-refractivity contribution in [3.63, 3.8) is 0 Å². The van der Waals surface area contributed by atoms with Gasteiger partial charge in [-0.25, -0.2) is 4.90 Å². The minimum Gasteiger partial charge on any atom is -0.454 e. The van der Waals surface area contributed by atoms with Gasteiger partial charge in [-0.2, -0.15) is 0 Å². The zero-order valence-corrected chi connectivity index (χ0v) is 17.0. The Balaban J connectivity index is 1.28. The molecule has 2 amide bonds. The number of hydroxylamine groups is 1. The molecule has 3 fully saturated rings. The molecular formula is C23H17ClN2O5. The number of carbonyl (C=O) groups is 2. The molecule has 156 valence electrons. The lowest BCUT2D eigenvalue weighted by Crippen LogP contribution is -2.35. The number of halogens is 1. The molecular weight excluding hydrogens is 420 g/mol. The van der Waals surface area contributed by atoms with E-state index in [0.717, 1.165) is 23.3 Å². The second kappa shape index (κ2) is 6.02. The lowest BCUT2D eigenvalue weighted by Gasteiger charge is -2.26. The molecule has 8 heteroatoms. The van der Waals surface area contributed by atoms with Gasteiger partial charge in [0.2, 0.25) is 18.6 Å². The molecule has 0 spiro atoms. The average Bonchev–Trinajstić information content (AvgIpc) is 3.55. The topological polar surface area (TPSA) is 77.1 Å². The predicted octanol–water partition coefficient (Wildman–Crippen LogP) is 3.14. The first kappa shape index (κ1) is 17.6. The van der Waals surface area contributed by atoms with Crippen LogP contribution in [0.4, 0.5) is 5.69 Å². The van der Waals surface area contributed by atoms with Crippen molar-refractivity contribution in [1.29, 1.82) is 0 Å². The minimum absolute atomic E-state index is 0.0160. The van der Waals surface area contributed by atoms with Crippen LogP contribution in [0, 0.1) is 23.7 Å². The lowest BCUT2D eigenvalue weighted by molar-refractivity contribution is -0.124. The summed E-state index contributed by atoms with van der Waals surface area (Å²) in [4.78, 5) is 34.1. The van der Waals surface area contributed by atoms with Crippen LogP contribution in [0.3, 0.4) is 0 Å². The number of hydrogen-bond donors (Lipinski definition) is 1. The van der Waals surface area contributed by atoms with Crippen molar-refractivity contribution in [2.45, 2.75) is 12.5 Å². The van der Waals surface area contributed by atoms with Gasteiger partial charge >= 0.3 is 0 Å². The van der Waals surface area contributed by atoms with Crippen LogP contribution in [0.25, 0.3) is 5.70 Å². The Bertz CT molecular complexity index is 1190. The second-order valence-corrected chi connectivity index (χ2v) is 9.02. The number of anilines is 1. The quantitative estimate of drug-likeness (QED) is 0.729. The van der Waals surface area contributed by atoms with Crippen LogP contribution in [0.2, 0.25) is 5.02 Å². The van der Waals surface area contributed by atoms with E-state index in [9.17, 15) is 9.59 Å². The van der Waals surface area contributed by atoms with E-state index in [1.165, 1.54) is 4.90 Å². The molecule has 7 nitrogen and oxygen atoms in total. The second-order valence-electron chi connectivity index (χ2n) is 8.58. The van der Waals surface area contributed by atoms with Crippen molar-refractivity contribution in [2.75, 3.05) is 11.7 Å². The summed E-state index contributed by atoms with van der Waals surface area (Å²) in [5.41, 5.74) is 6.55. The SMILES string of the molecule is O=C1[C@H]2[C@H]3C[C@H](C4=C(c5ccc(Cl)cc5)NO[C@@H]43)[C@H]2C(=O)N1c1ccc2c(c1)OCO2. The van der Waals surface area contributed by atoms with Gasteiger partial charge in [-0.05, 0) is 42.2 Å². The van der Waals surface area contributed by atoms with Gasteiger partial charge in [0.15, 0.2) is 11.5 Å². The summed E-state index contributed by atoms with van der Waals surface area (Å²) in [6, 6.07) is 12.7. The van der Waals surface area contributed by atoms with Crippen molar-refractivity contribution in [3.05, 3.63) is 58.6 Å². The summed E-state index contributed by atoms with van der Waals surface area (Å²) < 4.78 is 10.8. The first-order chi connectivity index (χ1) is 15.1. The molecule has 2 aromatic carbocycles. The highest BCUT2D eigenvalue weighted by Gasteiger charge is 2.68. The van der Waals surface area contributed by atoms with Gasteiger partial charge in [0.05, 0.1) is 23.2 Å². The molecule has 2 aliphatic carbocycles. The summed E-state index contributed by atoms with van der Waals surface area (Å²) in [5.74, 6) is 0.126. The monoisotopic (exact) mass is 436 g/mol. The van der Waals surface area contributed by atoms with Gasteiger partial charge in [0.1, 0.15) is 6.10 Å². The fourth-order valence-corrected chi connectivity index (χ4v) is 6.15. The smallest absolute Gasteiger partial charge is 0.238 e. The van der Waals surface area contributed by atoms with E-state index in [-0.39, 0.29) is 48.4 Å². The molecule has 3 heterocycles.